The summed E-state index contributed by atoms with van der Waals surface area (Å²) in [4.78, 5) is 31.9. The number of hydrogen-bond donors (Lipinski definition) is 3. The number of primary sulfonamides is 1. The number of aryl methyl sites for hydroxylation is 1. The standard InChI is InChI=1S/C16H15N3O8S/c1-8-5-11(3-4-12(8)18-9(2)20)27-15-13(19(23)24)6-10(16(21)22)7-14(15)28(17,25)26/h3-7H,1-2H3,(H,18,20)(H,21,22)(H2,17,25,26). The maximum Gasteiger partial charge on any atom is 0.335 e. The van der Waals surface area contributed by atoms with E-state index in [1.54, 1.807) is 6.92 Å². The van der Waals surface area contributed by atoms with Crippen LogP contribution in [0.15, 0.2) is 35.2 Å². The number of nitrogens with two attached hydrogens (primary N) is 1. The molecule has 12 heteroatoms. The van der Waals surface area contributed by atoms with Crippen LogP contribution in [0, 0.1) is 17.0 Å². The van der Waals surface area contributed by atoms with Gasteiger partial charge in [-0.05, 0) is 36.8 Å². The summed E-state index contributed by atoms with van der Waals surface area (Å²) in [5.41, 5.74) is -0.523. The van der Waals surface area contributed by atoms with Crippen molar-refractivity contribution in [2.24, 2.45) is 5.14 Å². The molecule has 2 rings (SSSR count). The van der Waals surface area contributed by atoms with Gasteiger partial charge in [-0.25, -0.2) is 18.4 Å². The number of carbonyl (C=O) groups is 2. The highest BCUT2D eigenvalue weighted by atomic mass is 32.2. The molecule has 0 heterocycles. The Morgan fingerprint density at radius 3 is 2.36 bits per heavy atom. The van der Waals surface area contributed by atoms with Gasteiger partial charge in [0, 0.05) is 18.7 Å². The van der Waals surface area contributed by atoms with E-state index in [2.05, 4.69) is 5.32 Å². The fourth-order valence-electron chi connectivity index (χ4n) is 2.31. The minimum atomic E-state index is -4.55. The van der Waals surface area contributed by atoms with Crippen LogP contribution in [0.4, 0.5) is 11.4 Å². The molecular formula is C16H15N3O8S. The van der Waals surface area contributed by atoms with Crippen LogP contribution in [0.25, 0.3) is 0 Å². The molecule has 0 aliphatic rings. The summed E-state index contributed by atoms with van der Waals surface area (Å²) in [5, 5.41) is 28.1. The van der Waals surface area contributed by atoms with Crippen molar-refractivity contribution in [1.82, 2.24) is 0 Å². The third kappa shape index (κ3) is 4.61. The smallest absolute Gasteiger partial charge is 0.335 e. The number of nitrogens with zero attached hydrogens (tertiary/aromatic N) is 1. The molecule has 0 aliphatic heterocycles. The zero-order valence-electron chi connectivity index (χ0n) is 14.6. The van der Waals surface area contributed by atoms with Crippen LogP contribution in [-0.4, -0.2) is 30.3 Å². The summed E-state index contributed by atoms with van der Waals surface area (Å²) in [6.07, 6.45) is 0. The molecule has 0 saturated heterocycles. The summed E-state index contributed by atoms with van der Waals surface area (Å²) in [6, 6.07) is 5.57. The fraction of sp³-hybridized carbons (Fsp3) is 0.125. The van der Waals surface area contributed by atoms with Crippen LogP contribution in [0.2, 0.25) is 0 Å². The van der Waals surface area contributed by atoms with Gasteiger partial charge >= 0.3 is 11.7 Å². The van der Waals surface area contributed by atoms with Gasteiger partial charge in [-0.3, -0.25) is 14.9 Å². The van der Waals surface area contributed by atoms with Crippen molar-refractivity contribution in [2.75, 3.05) is 5.32 Å². The first-order valence-electron chi connectivity index (χ1n) is 7.54. The third-order valence-electron chi connectivity index (χ3n) is 3.51. The molecule has 0 unspecified atom stereocenters. The second-order valence-electron chi connectivity index (χ2n) is 5.69. The van der Waals surface area contributed by atoms with Gasteiger partial charge in [0.25, 0.3) is 0 Å². The molecule has 0 saturated carbocycles. The number of sulfonamides is 1. The zero-order chi connectivity index (χ0) is 21.2. The van der Waals surface area contributed by atoms with Crippen LogP contribution in [0.5, 0.6) is 11.5 Å². The molecule has 11 nitrogen and oxygen atoms in total. The molecule has 0 atom stereocenters. The lowest BCUT2D eigenvalue weighted by Gasteiger charge is -2.13. The van der Waals surface area contributed by atoms with Crippen LogP contribution in [0.3, 0.4) is 0 Å². The summed E-state index contributed by atoms with van der Waals surface area (Å²) in [5.74, 6) is -2.59. The first-order chi connectivity index (χ1) is 12.9. The summed E-state index contributed by atoms with van der Waals surface area (Å²) < 4.78 is 29.1. The van der Waals surface area contributed by atoms with E-state index in [0.717, 1.165) is 0 Å². The molecular weight excluding hydrogens is 394 g/mol. The van der Waals surface area contributed by atoms with E-state index in [1.807, 2.05) is 0 Å². The van der Waals surface area contributed by atoms with Crippen molar-refractivity contribution in [2.45, 2.75) is 18.7 Å². The highest BCUT2D eigenvalue weighted by molar-refractivity contribution is 7.89. The number of carbonyl (C=O) groups excluding carboxylic acids is 1. The summed E-state index contributed by atoms with van der Waals surface area (Å²) in [6.45, 7) is 2.94. The van der Waals surface area contributed by atoms with Crippen molar-refractivity contribution in [3.63, 3.8) is 0 Å². The number of hydrogen-bond acceptors (Lipinski definition) is 7. The highest BCUT2D eigenvalue weighted by Crippen LogP contribution is 2.39. The van der Waals surface area contributed by atoms with Crippen molar-refractivity contribution in [3.8, 4) is 11.5 Å². The SMILES string of the molecule is CC(=O)Nc1ccc(Oc2c([N+](=O)[O-])cc(C(=O)O)cc2S(N)(=O)=O)cc1C. The minimum Gasteiger partial charge on any atom is -0.478 e. The van der Waals surface area contributed by atoms with Crippen LogP contribution in [-0.2, 0) is 14.8 Å². The fourth-order valence-corrected chi connectivity index (χ4v) is 3.00. The van der Waals surface area contributed by atoms with Gasteiger partial charge in [-0.1, -0.05) is 0 Å². The van der Waals surface area contributed by atoms with Crippen LogP contribution < -0.4 is 15.2 Å². The van der Waals surface area contributed by atoms with Gasteiger partial charge < -0.3 is 15.2 Å². The van der Waals surface area contributed by atoms with Crippen LogP contribution >= 0.6 is 0 Å². The Kier molecular flexibility index (Phi) is 5.66. The van der Waals surface area contributed by atoms with Crippen molar-refractivity contribution < 1.29 is 32.8 Å². The Morgan fingerprint density at radius 1 is 1.25 bits per heavy atom. The number of anilines is 1. The second-order valence-corrected chi connectivity index (χ2v) is 7.22. The lowest BCUT2D eigenvalue weighted by molar-refractivity contribution is -0.385. The molecule has 0 spiro atoms. The van der Waals surface area contributed by atoms with E-state index >= 15 is 0 Å². The quantitative estimate of drug-likeness (QED) is 0.478. The van der Waals surface area contributed by atoms with Gasteiger partial charge in [0.05, 0.1) is 10.5 Å². The normalized spacial score (nSPS) is 11.0. The van der Waals surface area contributed by atoms with Crippen LogP contribution in [0.1, 0.15) is 22.8 Å². The number of benzene rings is 2. The Hall–Kier alpha value is -3.51. The second kappa shape index (κ2) is 7.62. The molecule has 0 aromatic heterocycles. The number of nitrogens with one attached hydrogen (secondary N) is 1. The molecule has 0 aliphatic carbocycles. The lowest BCUT2D eigenvalue weighted by Crippen LogP contribution is -2.15. The van der Waals surface area contributed by atoms with Crippen molar-refractivity contribution >= 4 is 33.3 Å². The highest BCUT2D eigenvalue weighted by Gasteiger charge is 2.29. The number of rotatable bonds is 6. The van der Waals surface area contributed by atoms with Gasteiger partial charge in [-0.2, -0.15) is 0 Å². The van der Waals surface area contributed by atoms with Crippen molar-refractivity contribution in [3.05, 3.63) is 51.6 Å². The van der Waals surface area contributed by atoms with E-state index in [4.69, 9.17) is 15.0 Å². The maximum atomic E-state index is 11.9. The predicted octanol–water partition coefficient (Wildman–Crippen LogP) is 2.00. The maximum absolute atomic E-state index is 11.9. The Bertz CT molecular complexity index is 1100. The van der Waals surface area contributed by atoms with E-state index < -0.39 is 42.8 Å². The molecule has 4 N–H and O–H groups in total. The molecule has 148 valence electrons. The summed E-state index contributed by atoms with van der Waals surface area (Å²) in [7, 11) is -4.55. The molecule has 28 heavy (non-hydrogen) atoms. The zero-order valence-corrected chi connectivity index (χ0v) is 15.4. The average molecular weight is 409 g/mol. The van der Waals surface area contributed by atoms with E-state index in [9.17, 15) is 28.1 Å². The lowest BCUT2D eigenvalue weighted by atomic mass is 10.1. The molecule has 0 bridgehead atoms. The number of nitro groups is 1. The molecule has 1 amide bonds. The van der Waals surface area contributed by atoms with E-state index in [1.165, 1.54) is 25.1 Å². The number of amides is 1. The Morgan fingerprint density at radius 2 is 1.89 bits per heavy atom. The number of aromatic carboxylic acids is 1. The topological polar surface area (TPSA) is 179 Å². The monoisotopic (exact) mass is 409 g/mol. The van der Waals surface area contributed by atoms with Gasteiger partial charge in [0.15, 0.2) is 0 Å². The van der Waals surface area contributed by atoms with E-state index in [0.29, 0.717) is 23.4 Å². The number of nitro benzene ring substituents is 1. The molecule has 0 fully saturated rings. The van der Waals surface area contributed by atoms with Gasteiger partial charge in [0.2, 0.25) is 21.7 Å². The molecule has 2 aromatic carbocycles. The summed E-state index contributed by atoms with van der Waals surface area (Å²) >= 11 is 0. The molecule has 0 radical (unpaired) electrons. The number of carboxylic acid groups (broad SMARTS) is 1. The Balaban J connectivity index is 2.64. The first kappa shape index (κ1) is 20.8. The number of carboxylic acids is 1. The minimum absolute atomic E-state index is 0.0164. The Labute approximate surface area is 158 Å². The average Bonchev–Trinajstić information content (AvgIpc) is 2.55. The van der Waals surface area contributed by atoms with Gasteiger partial charge in [-0.15, -0.1) is 0 Å². The van der Waals surface area contributed by atoms with E-state index in [-0.39, 0.29) is 11.7 Å². The van der Waals surface area contributed by atoms with Crippen molar-refractivity contribution in [1.29, 1.82) is 0 Å². The first-order valence-corrected chi connectivity index (χ1v) is 9.09. The van der Waals surface area contributed by atoms with Gasteiger partial charge in [0.1, 0.15) is 10.6 Å². The molecule has 2 aromatic rings. The number of ether oxygens (including phenoxy) is 1. The predicted molar refractivity (Wildman–Crippen MR) is 97.0 cm³/mol. The third-order valence-corrected chi connectivity index (χ3v) is 4.43. The largest absolute Gasteiger partial charge is 0.478 e.